The van der Waals surface area contributed by atoms with Crippen LogP contribution in [0.25, 0.3) is 5.69 Å². The lowest BCUT2D eigenvalue weighted by atomic mass is 9.99. The standard InChI is InChI=1S/C17H19N5O3/c1-3-17(2)15(24)22(16(25)20-17)10-14(23)19-12-5-4-6-13(9-12)21-8-7-18-11-21/h4-9,11H,3,10H2,1-2H3,(H,19,23)(H,20,25). The van der Waals surface area contributed by atoms with Crippen molar-refractivity contribution in [3.8, 4) is 5.69 Å². The van der Waals surface area contributed by atoms with Gasteiger partial charge in [0.25, 0.3) is 5.91 Å². The first-order chi connectivity index (χ1) is 11.9. The molecule has 1 aliphatic rings. The van der Waals surface area contributed by atoms with Crippen LogP contribution in [0.4, 0.5) is 10.5 Å². The molecular weight excluding hydrogens is 322 g/mol. The van der Waals surface area contributed by atoms with Gasteiger partial charge in [-0.1, -0.05) is 13.0 Å². The summed E-state index contributed by atoms with van der Waals surface area (Å²) < 4.78 is 1.81. The third-order valence-electron chi connectivity index (χ3n) is 4.29. The molecule has 3 rings (SSSR count). The number of benzene rings is 1. The normalized spacial score (nSPS) is 19.8. The molecule has 0 spiro atoms. The minimum atomic E-state index is -0.946. The number of anilines is 1. The second kappa shape index (κ2) is 6.39. The molecule has 1 aromatic heterocycles. The third kappa shape index (κ3) is 3.23. The molecule has 0 radical (unpaired) electrons. The van der Waals surface area contributed by atoms with Crippen molar-refractivity contribution in [2.24, 2.45) is 0 Å². The number of nitrogens with zero attached hydrogens (tertiary/aromatic N) is 3. The van der Waals surface area contributed by atoms with E-state index in [9.17, 15) is 14.4 Å². The summed E-state index contributed by atoms with van der Waals surface area (Å²) in [5, 5.41) is 5.33. The number of aromatic nitrogens is 2. The van der Waals surface area contributed by atoms with E-state index in [1.54, 1.807) is 48.4 Å². The topological polar surface area (TPSA) is 96.3 Å². The average Bonchev–Trinajstić information content (AvgIpc) is 3.19. The Balaban J connectivity index is 1.68. The molecule has 1 fully saturated rings. The van der Waals surface area contributed by atoms with E-state index in [2.05, 4.69) is 15.6 Å². The van der Waals surface area contributed by atoms with Gasteiger partial charge in [-0.05, 0) is 31.5 Å². The molecule has 1 saturated heterocycles. The smallest absolute Gasteiger partial charge is 0.324 e. The fourth-order valence-electron chi connectivity index (χ4n) is 2.63. The molecule has 0 aliphatic carbocycles. The Labute approximate surface area is 144 Å². The maximum atomic E-state index is 12.3. The summed E-state index contributed by atoms with van der Waals surface area (Å²) in [6.07, 6.45) is 5.57. The van der Waals surface area contributed by atoms with E-state index in [1.165, 1.54) is 0 Å². The summed E-state index contributed by atoms with van der Waals surface area (Å²) >= 11 is 0. The van der Waals surface area contributed by atoms with Crippen LogP contribution in [0.15, 0.2) is 43.0 Å². The first-order valence-corrected chi connectivity index (χ1v) is 7.95. The number of carbonyl (C=O) groups is 3. The summed E-state index contributed by atoms with van der Waals surface area (Å²) in [7, 11) is 0. The molecule has 2 N–H and O–H groups in total. The van der Waals surface area contributed by atoms with Crippen molar-refractivity contribution in [3.05, 3.63) is 43.0 Å². The van der Waals surface area contributed by atoms with Crippen LogP contribution in [-0.2, 0) is 9.59 Å². The molecule has 25 heavy (non-hydrogen) atoms. The number of imidazole rings is 1. The molecule has 2 heterocycles. The summed E-state index contributed by atoms with van der Waals surface area (Å²) in [6.45, 7) is 3.14. The monoisotopic (exact) mass is 341 g/mol. The Kier molecular flexibility index (Phi) is 4.26. The molecule has 0 bridgehead atoms. The summed E-state index contributed by atoms with van der Waals surface area (Å²) in [6, 6.07) is 6.65. The van der Waals surface area contributed by atoms with Crippen molar-refractivity contribution in [1.29, 1.82) is 0 Å². The van der Waals surface area contributed by atoms with Crippen LogP contribution in [0, 0.1) is 0 Å². The second-order valence-electron chi connectivity index (χ2n) is 6.08. The zero-order valence-corrected chi connectivity index (χ0v) is 14.0. The average molecular weight is 341 g/mol. The molecule has 4 amide bonds. The summed E-state index contributed by atoms with van der Waals surface area (Å²) in [5.41, 5.74) is 0.462. The van der Waals surface area contributed by atoms with Crippen LogP contribution in [0.3, 0.4) is 0 Å². The zero-order valence-electron chi connectivity index (χ0n) is 14.0. The van der Waals surface area contributed by atoms with Crippen LogP contribution in [0.1, 0.15) is 20.3 Å². The Morgan fingerprint density at radius 3 is 2.80 bits per heavy atom. The lowest BCUT2D eigenvalue weighted by Gasteiger charge is -2.19. The predicted octanol–water partition coefficient (Wildman–Crippen LogP) is 1.53. The van der Waals surface area contributed by atoms with E-state index in [0.29, 0.717) is 12.1 Å². The van der Waals surface area contributed by atoms with E-state index in [-0.39, 0.29) is 12.5 Å². The van der Waals surface area contributed by atoms with Gasteiger partial charge in [0.1, 0.15) is 12.1 Å². The summed E-state index contributed by atoms with van der Waals surface area (Å²) in [5.74, 6) is -0.825. The van der Waals surface area contributed by atoms with Gasteiger partial charge in [-0.2, -0.15) is 0 Å². The van der Waals surface area contributed by atoms with Crippen molar-refractivity contribution in [2.75, 3.05) is 11.9 Å². The number of hydrogen-bond donors (Lipinski definition) is 2. The van der Waals surface area contributed by atoms with Gasteiger partial charge in [-0.25, -0.2) is 9.78 Å². The largest absolute Gasteiger partial charge is 0.325 e. The predicted molar refractivity (Wildman–Crippen MR) is 91.1 cm³/mol. The fraction of sp³-hybridized carbons (Fsp3) is 0.294. The molecule has 1 atom stereocenters. The SMILES string of the molecule is CCC1(C)NC(=O)N(CC(=O)Nc2cccc(-n3ccnc3)c2)C1=O. The maximum Gasteiger partial charge on any atom is 0.325 e. The molecule has 1 unspecified atom stereocenters. The highest BCUT2D eigenvalue weighted by Gasteiger charge is 2.46. The van der Waals surface area contributed by atoms with Crippen molar-refractivity contribution in [2.45, 2.75) is 25.8 Å². The van der Waals surface area contributed by atoms with Crippen molar-refractivity contribution in [1.82, 2.24) is 19.8 Å². The van der Waals surface area contributed by atoms with Gasteiger partial charge in [0.2, 0.25) is 5.91 Å². The van der Waals surface area contributed by atoms with Crippen LogP contribution in [0.5, 0.6) is 0 Å². The number of hydrogen-bond acceptors (Lipinski definition) is 4. The van der Waals surface area contributed by atoms with Crippen molar-refractivity contribution < 1.29 is 14.4 Å². The Morgan fingerprint density at radius 2 is 2.16 bits per heavy atom. The summed E-state index contributed by atoms with van der Waals surface area (Å²) in [4.78, 5) is 41.5. The Hall–Kier alpha value is -3.16. The molecule has 0 saturated carbocycles. The van der Waals surface area contributed by atoms with E-state index in [1.807, 2.05) is 13.0 Å². The first kappa shape index (κ1) is 16.7. The van der Waals surface area contributed by atoms with Gasteiger partial charge in [0.05, 0.1) is 6.33 Å². The molecule has 130 valence electrons. The first-order valence-electron chi connectivity index (χ1n) is 7.95. The Bertz CT molecular complexity index is 817. The van der Waals surface area contributed by atoms with Gasteiger partial charge in [0.15, 0.2) is 0 Å². The zero-order chi connectivity index (χ0) is 18.0. The Morgan fingerprint density at radius 1 is 1.36 bits per heavy atom. The second-order valence-corrected chi connectivity index (χ2v) is 6.08. The lowest BCUT2D eigenvalue weighted by molar-refractivity contribution is -0.133. The molecule has 1 aliphatic heterocycles. The quantitative estimate of drug-likeness (QED) is 0.806. The van der Waals surface area contributed by atoms with E-state index in [0.717, 1.165) is 10.6 Å². The number of nitrogens with one attached hydrogen (secondary N) is 2. The minimum Gasteiger partial charge on any atom is -0.324 e. The van der Waals surface area contributed by atoms with Gasteiger partial charge in [0, 0.05) is 23.8 Å². The van der Waals surface area contributed by atoms with E-state index < -0.39 is 17.5 Å². The number of carbonyl (C=O) groups excluding carboxylic acids is 3. The number of amides is 4. The highest BCUT2D eigenvalue weighted by Crippen LogP contribution is 2.21. The third-order valence-corrected chi connectivity index (χ3v) is 4.29. The van der Waals surface area contributed by atoms with Crippen LogP contribution >= 0.6 is 0 Å². The number of imide groups is 1. The highest BCUT2D eigenvalue weighted by molar-refractivity contribution is 6.09. The number of rotatable bonds is 5. The minimum absolute atomic E-state index is 0.324. The van der Waals surface area contributed by atoms with E-state index in [4.69, 9.17) is 0 Å². The van der Waals surface area contributed by atoms with Crippen LogP contribution in [-0.4, -0.2) is 44.4 Å². The van der Waals surface area contributed by atoms with Crippen LogP contribution in [0.2, 0.25) is 0 Å². The van der Waals surface area contributed by atoms with E-state index >= 15 is 0 Å². The van der Waals surface area contributed by atoms with Crippen molar-refractivity contribution >= 4 is 23.5 Å². The van der Waals surface area contributed by atoms with Crippen LogP contribution < -0.4 is 10.6 Å². The highest BCUT2D eigenvalue weighted by atomic mass is 16.2. The van der Waals surface area contributed by atoms with Gasteiger partial charge in [-0.3, -0.25) is 14.5 Å². The van der Waals surface area contributed by atoms with Gasteiger partial charge >= 0.3 is 6.03 Å². The van der Waals surface area contributed by atoms with Gasteiger partial charge in [-0.15, -0.1) is 0 Å². The maximum absolute atomic E-state index is 12.3. The number of urea groups is 1. The lowest BCUT2D eigenvalue weighted by Crippen LogP contribution is -2.44. The molecule has 2 aromatic rings. The fourth-order valence-corrected chi connectivity index (χ4v) is 2.63. The van der Waals surface area contributed by atoms with Gasteiger partial charge < -0.3 is 15.2 Å². The molecule has 8 heteroatoms. The molecular formula is C17H19N5O3. The van der Waals surface area contributed by atoms with Crippen molar-refractivity contribution in [3.63, 3.8) is 0 Å². The molecule has 1 aromatic carbocycles. The molecule has 8 nitrogen and oxygen atoms in total.